The Balaban J connectivity index is 1.43. The molecule has 1 amide bonds. The van der Waals surface area contributed by atoms with Crippen molar-refractivity contribution >= 4 is 29.0 Å². The van der Waals surface area contributed by atoms with E-state index in [1.807, 2.05) is 4.90 Å². The Morgan fingerprint density at radius 2 is 1.67 bits per heavy atom. The third-order valence-corrected chi connectivity index (χ3v) is 5.66. The molecule has 0 saturated carbocycles. The smallest absolute Gasteiger partial charge is 0.269 e. The van der Waals surface area contributed by atoms with Crippen molar-refractivity contribution in [3.63, 3.8) is 0 Å². The van der Waals surface area contributed by atoms with Gasteiger partial charge in [0.2, 0.25) is 5.91 Å². The average molecular weight is 385 g/mol. The van der Waals surface area contributed by atoms with E-state index in [-0.39, 0.29) is 11.6 Å². The molecule has 0 radical (unpaired) electrons. The Bertz CT molecular complexity index is 785. The summed E-state index contributed by atoms with van der Waals surface area (Å²) in [5, 5.41) is 10.7. The number of piperazine rings is 1. The number of aryl methyl sites for hydroxylation is 1. The maximum atomic E-state index is 12.4. The number of anilines is 1. The predicted octanol–water partition coefficient (Wildman–Crippen LogP) is 3.49. The lowest BCUT2D eigenvalue weighted by Crippen LogP contribution is -2.49. The summed E-state index contributed by atoms with van der Waals surface area (Å²) in [7, 11) is 0. The molecule has 1 aliphatic rings. The van der Waals surface area contributed by atoms with E-state index in [1.54, 1.807) is 23.9 Å². The van der Waals surface area contributed by atoms with Gasteiger partial charge < -0.3 is 9.80 Å². The van der Waals surface area contributed by atoms with Crippen LogP contribution in [0.5, 0.6) is 0 Å². The minimum absolute atomic E-state index is 0.0955. The van der Waals surface area contributed by atoms with Gasteiger partial charge in [0.1, 0.15) is 0 Å². The molecule has 3 rings (SSSR count). The van der Waals surface area contributed by atoms with E-state index in [4.69, 9.17) is 0 Å². The molecule has 0 aromatic heterocycles. The maximum Gasteiger partial charge on any atom is 0.269 e. The Hall–Kier alpha value is -2.54. The Kier molecular flexibility index (Phi) is 6.34. The van der Waals surface area contributed by atoms with E-state index in [1.165, 1.54) is 23.3 Å². The number of non-ortho nitro benzene ring substituents is 1. The molecule has 1 aliphatic heterocycles. The van der Waals surface area contributed by atoms with Crippen molar-refractivity contribution in [1.29, 1.82) is 0 Å². The SMILES string of the molecule is Cc1ccc(CSCC(=O)N2CCN(c3ccc([N+](=O)[O-])cc3)CC2)cc1. The van der Waals surface area contributed by atoms with Crippen LogP contribution in [0.4, 0.5) is 11.4 Å². The molecule has 0 aliphatic carbocycles. The van der Waals surface area contributed by atoms with Gasteiger partial charge in [0.05, 0.1) is 10.7 Å². The summed E-state index contributed by atoms with van der Waals surface area (Å²) in [6, 6.07) is 15.0. The second-order valence-corrected chi connectivity index (χ2v) is 7.61. The van der Waals surface area contributed by atoms with Crippen LogP contribution in [0.15, 0.2) is 48.5 Å². The van der Waals surface area contributed by atoms with Crippen molar-refractivity contribution in [3.05, 3.63) is 69.8 Å². The monoisotopic (exact) mass is 385 g/mol. The summed E-state index contributed by atoms with van der Waals surface area (Å²) in [6.45, 7) is 4.91. The fourth-order valence-electron chi connectivity index (χ4n) is 3.03. The number of benzene rings is 2. The van der Waals surface area contributed by atoms with Gasteiger partial charge in [0, 0.05) is 49.8 Å². The van der Waals surface area contributed by atoms with Crippen LogP contribution in [0, 0.1) is 17.0 Å². The summed E-state index contributed by atoms with van der Waals surface area (Å²) in [5.41, 5.74) is 3.53. The van der Waals surface area contributed by atoms with E-state index in [2.05, 4.69) is 36.1 Å². The summed E-state index contributed by atoms with van der Waals surface area (Å²) >= 11 is 1.65. The van der Waals surface area contributed by atoms with Crippen LogP contribution in [-0.4, -0.2) is 47.7 Å². The molecule has 0 spiro atoms. The molecule has 1 heterocycles. The fourth-order valence-corrected chi connectivity index (χ4v) is 3.92. The van der Waals surface area contributed by atoms with E-state index in [9.17, 15) is 14.9 Å². The van der Waals surface area contributed by atoms with Crippen LogP contribution in [0.25, 0.3) is 0 Å². The molecular weight excluding hydrogens is 362 g/mol. The maximum absolute atomic E-state index is 12.4. The summed E-state index contributed by atoms with van der Waals surface area (Å²) < 4.78 is 0. The van der Waals surface area contributed by atoms with Crippen LogP contribution in [-0.2, 0) is 10.5 Å². The molecule has 0 N–H and O–H groups in total. The van der Waals surface area contributed by atoms with Gasteiger partial charge in [-0.1, -0.05) is 29.8 Å². The van der Waals surface area contributed by atoms with Crippen molar-refractivity contribution < 1.29 is 9.72 Å². The van der Waals surface area contributed by atoms with Gasteiger partial charge in [-0.25, -0.2) is 0 Å². The first-order valence-electron chi connectivity index (χ1n) is 8.93. The first-order chi connectivity index (χ1) is 13.0. The summed E-state index contributed by atoms with van der Waals surface area (Å²) in [5.74, 6) is 1.51. The molecule has 1 fully saturated rings. The van der Waals surface area contributed by atoms with Crippen molar-refractivity contribution in [2.45, 2.75) is 12.7 Å². The molecule has 2 aromatic rings. The number of carbonyl (C=O) groups excluding carboxylic acids is 1. The van der Waals surface area contributed by atoms with Gasteiger partial charge in [-0.15, -0.1) is 11.8 Å². The number of nitro groups is 1. The second-order valence-electron chi connectivity index (χ2n) is 6.62. The van der Waals surface area contributed by atoms with Crippen molar-refractivity contribution in [2.75, 3.05) is 36.8 Å². The largest absolute Gasteiger partial charge is 0.368 e. The van der Waals surface area contributed by atoms with E-state index >= 15 is 0 Å². The highest BCUT2D eigenvalue weighted by Crippen LogP contribution is 2.21. The average Bonchev–Trinajstić information content (AvgIpc) is 2.69. The Morgan fingerprint density at radius 3 is 2.26 bits per heavy atom. The zero-order valence-electron chi connectivity index (χ0n) is 15.3. The number of nitrogens with zero attached hydrogens (tertiary/aromatic N) is 3. The van der Waals surface area contributed by atoms with Crippen LogP contribution < -0.4 is 4.90 Å². The molecular formula is C20H23N3O3S. The molecule has 7 heteroatoms. The van der Waals surface area contributed by atoms with E-state index < -0.39 is 4.92 Å². The lowest BCUT2D eigenvalue weighted by atomic mass is 10.2. The zero-order chi connectivity index (χ0) is 19.2. The van der Waals surface area contributed by atoms with Gasteiger partial charge in [0.15, 0.2) is 0 Å². The van der Waals surface area contributed by atoms with E-state index in [0.717, 1.165) is 24.5 Å². The van der Waals surface area contributed by atoms with E-state index in [0.29, 0.717) is 18.8 Å². The number of hydrogen-bond donors (Lipinski definition) is 0. The molecule has 0 bridgehead atoms. The molecule has 0 unspecified atom stereocenters. The van der Waals surface area contributed by atoms with Crippen LogP contribution >= 0.6 is 11.8 Å². The summed E-state index contributed by atoms with van der Waals surface area (Å²) in [6.07, 6.45) is 0. The highest BCUT2D eigenvalue weighted by atomic mass is 32.2. The number of hydrogen-bond acceptors (Lipinski definition) is 5. The number of rotatable bonds is 6. The Labute approximate surface area is 163 Å². The highest BCUT2D eigenvalue weighted by Gasteiger charge is 2.21. The molecule has 27 heavy (non-hydrogen) atoms. The number of carbonyl (C=O) groups is 1. The number of nitro benzene ring substituents is 1. The highest BCUT2D eigenvalue weighted by molar-refractivity contribution is 7.99. The molecule has 142 valence electrons. The second kappa shape index (κ2) is 8.90. The topological polar surface area (TPSA) is 66.7 Å². The van der Waals surface area contributed by atoms with Crippen molar-refractivity contribution in [1.82, 2.24) is 4.90 Å². The third kappa shape index (κ3) is 5.23. The molecule has 6 nitrogen and oxygen atoms in total. The minimum Gasteiger partial charge on any atom is -0.368 e. The molecule has 2 aromatic carbocycles. The predicted molar refractivity (Wildman–Crippen MR) is 109 cm³/mol. The zero-order valence-corrected chi connectivity index (χ0v) is 16.2. The first-order valence-corrected chi connectivity index (χ1v) is 10.1. The minimum atomic E-state index is -0.394. The number of thioether (sulfide) groups is 1. The molecule has 0 atom stereocenters. The third-order valence-electron chi connectivity index (χ3n) is 4.67. The molecule has 1 saturated heterocycles. The van der Waals surface area contributed by atoms with Crippen molar-refractivity contribution in [3.8, 4) is 0 Å². The summed E-state index contributed by atoms with van der Waals surface area (Å²) in [4.78, 5) is 26.8. The van der Waals surface area contributed by atoms with Gasteiger partial charge >= 0.3 is 0 Å². The van der Waals surface area contributed by atoms with Crippen molar-refractivity contribution in [2.24, 2.45) is 0 Å². The standard InChI is InChI=1S/C20H23N3O3S/c1-16-2-4-17(5-3-16)14-27-15-20(24)22-12-10-21(11-13-22)18-6-8-19(9-7-18)23(25)26/h2-9H,10-15H2,1H3. The lowest BCUT2D eigenvalue weighted by Gasteiger charge is -2.36. The quantitative estimate of drug-likeness (QED) is 0.563. The van der Waals surface area contributed by atoms with Gasteiger partial charge in [-0.2, -0.15) is 0 Å². The van der Waals surface area contributed by atoms with Gasteiger partial charge in [-0.3, -0.25) is 14.9 Å². The Morgan fingerprint density at radius 1 is 1.04 bits per heavy atom. The van der Waals surface area contributed by atoms with Gasteiger partial charge in [0.25, 0.3) is 5.69 Å². The number of amides is 1. The van der Waals surface area contributed by atoms with Crippen LogP contribution in [0.3, 0.4) is 0 Å². The fraction of sp³-hybridized carbons (Fsp3) is 0.350. The normalized spacial score (nSPS) is 14.3. The van der Waals surface area contributed by atoms with Gasteiger partial charge in [-0.05, 0) is 24.6 Å². The van der Waals surface area contributed by atoms with Crippen LogP contribution in [0.2, 0.25) is 0 Å². The first kappa shape index (κ1) is 19.2. The van der Waals surface area contributed by atoms with Crippen LogP contribution in [0.1, 0.15) is 11.1 Å². The lowest BCUT2D eigenvalue weighted by molar-refractivity contribution is -0.384.